The van der Waals surface area contributed by atoms with Crippen LogP contribution in [0.5, 0.6) is 0 Å². The summed E-state index contributed by atoms with van der Waals surface area (Å²) in [4.78, 5) is 0. The van der Waals surface area contributed by atoms with Gasteiger partial charge in [-0.15, -0.1) is 0 Å². The van der Waals surface area contributed by atoms with Gasteiger partial charge in [-0.3, -0.25) is 0 Å². The Morgan fingerprint density at radius 3 is 2.80 bits per heavy atom. The van der Waals surface area contributed by atoms with Gasteiger partial charge in [0.05, 0.1) is 16.8 Å². The minimum Gasteiger partial charge on any atom is -0.409 e. The number of hydrogen-bond acceptors (Lipinski definition) is 4. The van der Waals surface area contributed by atoms with Crippen LogP contribution < -0.4 is 5.73 Å². The second-order valence-corrected chi connectivity index (χ2v) is 3.16. The molecule has 0 amide bonds. The quantitative estimate of drug-likeness (QED) is 0.313. The van der Waals surface area contributed by atoms with Crippen LogP contribution in [0.3, 0.4) is 0 Å². The third-order valence-electron chi connectivity index (χ3n) is 2.21. The second kappa shape index (κ2) is 3.53. The van der Waals surface area contributed by atoms with Crippen LogP contribution in [0.2, 0.25) is 0 Å². The van der Waals surface area contributed by atoms with Crippen molar-refractivity contribution in [1.29, 1.82) is 0 Å². The molecule has 0 saturated carbocycles. The highest BCUT2D eigenvalue weighted by atomic mass is 16.4. The number of aromatic nitrogens is 2. The molecule has 1 aromatic heterocycles. The minimum atomic E-state index is 0.0543. The number of hydrogen-bond donors (Lipinski definition) is 2. The molecule has 0 fully saturated rings. The number of aryl methyl sites for hydroxylation is 1. The number of rotatable bonds is 1. The molecular formula is C10H10N4O. The van der Waals surface area contributed by atoms with Gasteiger partial charge in [0.2, 0.25) is 0 Å². The molecule has 76 valence electrons. The lowest BCUT2D eigenvalue weighted by molar-refractivity contribution is 0.318. The van der Waals surface area contributed by atoms with Crippen LogP contribution in [-0.2, 0) is 0 Å². The maximum atomic E-state index is 8.69. The summed E-state index contributed by atoms with van der Waals surface area (Å²) in [7, 11) is 0. The van der Waals surface area contributed by atoms with Gasteiger partial charge in [-0.25, -0.2) is 0 Å². The van der Waals surface area contributed by atoms with E-state index in [1.165, 1.54) is 0 Å². The van der Waals surface area contributed by atoms with E-state index in [9.17, 15) is 0 Å². The maximum Gasteiger partial charge on any atom is 0.172 e. The van der Waals surface area contributed by atoms with E-state index in [2.05, 4.69) is 15.4 Å². The molecule has 0 aliphatic rings. The van der Waals surface area contributed by atoms with Crippen LogP contribution in [0.4, 0.5) is 0 Å². The Bertz CT molecular complexity index is 536. The number of nitrogens with two attached hydrogens (primary N) is 1. The fourth-order valence-electron chi connectivity index (χ4n) is 1.52. The first-order chi connectivity index (χ1) is 7.24. The summed E-state index contributed by atoms with van der Waals surface area (Å²) in [6.45, 7) is 1.77. The van der Waals surface area contributed by atoms with Crippen molar-refractivity contribution in [2.24, 2.45) is 10.9 Å². The van der Waals surface area contributed by atoms with Gasteiger partial charge in [-0.05, 0) is 13.0 Å². The Labute approximate surface area is 86.2 Å². The molecule has 2 aromatic rings. The van der Waals surface area contributed by atoms with E-state index in [0.29, 0.717) is 11.3 Å². The SMILES string of the molecule is Cc1nnc2ccccc2c1/C(N)=N\O. The topological polar surface area (TPSA) is 84.4 Å². The van der Waals surface area contributed by atoms with E-state index in [4.69, 9.17) is 10.9 Å². The van der Waals surface area contributed by atoms with Crippen LogP contribution >= 0.6 is 0 Å². The van der Waals surface area contributed by atoms with Gasteiger partial charge < -0.3 is 10.9 Å². The zero-order chi connectivity index (χ0) is 10.8. The van der Waals surface area contributed by atoms with Gasteiger partial charge in [0.15, 0.2) is 5.84 Å². The lowest BCUT2D eigenvalue weighted by Crippen LogP contribution is -2.16. The largest absolute Gasteiger partial charge is 0.409 e. The molecule has 0 radical (unpaired) electrons. The van der Waals surface area contributed by atoms with E-state index in [1.807, 2.05) is 24.3 Å². The molecule has 5 heteroatoms. The van der Waals surface area contributed by atoms with Crippen molar-refractivity contribution in [3.05, 3.63) is 35.5 Å². The monoisotopic (exact) mass is 202 g/mol. The van der Waals surface area contributed by atoms with Crippen LogP contribution in [0.25, 0.3) is 10.9 Å². The first-order valence-electron chi connectivity index (χ1n) is 4.44. The van der Waals surface area contributed by atoms with Crippen molar-refractivity contribution in [3.8, 4) is 0 Å². The third kappa shape index (κ3) is 1.48. The average molecular weight is 202 g/mol. The number of oxime groups is 1. The lowest BCUT2D eigenvalue weighted by Gasteiger charge is -2.05. The molecule has 15 heavy (non-hydrogen) atoms. The molecule has 0 bridgehead atoms. The van der Waals surface area contributed by atoms with Crippen molar-refractivity contribution in [1.82, 2.24) is 10.2 Å². The Kier molecular flexibility index (Phi) is 2.21. The number of nitrogens with zero attached hydrogens (tertiary/aromatic N) is 3. The molecule has 1 heterocycles. The lowest BCUT2D eigenvalue weighted by atomic mass is 10.1. The predicted molar refractivity (Wildman–Crippen MR) is 56.8 cm³/mol. The van der Waals surface area contributed by atoms with Gasteiger partial charge in [0, 0.05) is 5.39 Å². The molecule has 0 aliphatic heterocycles. The zero-order valence-electron chi connectivity index (χ0n) is 8.18. The van der Waals surface area contributed by atoms with Crippen LogP contribution in [0.15, 0.2) is 29.4 Å². The molecule has 0 saturated heterocycles. The summed E-state index contributed by atoms with van der Waals surface area (Å²) in [5.41, 5.74) is 7.59. The Hall–Kier alpha value is -2.17. The highest BCUT2D eigenvalue weighted by Gasteiger charge is 2.10. The average Bonchev–Trinajstić information content (AvgIpc) is 2.28. The number of fused-ring (bicyclic) bond motifs is 1. The highest BCUT2D eigenvalue weighted by molar-refractivity contribution is 6.08. The maximum absolute atomic E-state index is 8.69. The molecule has 1 aromatic carbocycles. The molecular weight excluding hydrogens is 192 g/mol. The molecule has 2 rings (SSSR count). The van der Waals surface area contributed by atoms with Crippen LogP contribution in [0, 0.1) is 6.92 Å². The van der Waals surface area contributed by atoms with Crippen LogP contribution in [-0.4, -0.2) is 21.2 Å². The Morgan fingerprint density at radius 2 is 2.07 bits per heavy atom. The molecule has 0 aliphatic carbocycles. The smallest absolute Gasteiger partial charge is 0.172 e. The fourth-order valence-corrected chi connectivity index (χ4v) is 1.52. The van der Waals surface area contributed by atoms with E-state index in [0.717, 1.165) is 10.9 Å². The fraction of sp³-hybridized carbons (Fsp3) is 0.100. The number of benzene rings is 1. The van der Waals surface area contributed by atoms with Gasteiger partial charge >= 0.3 is 0 Å². The summed E-state index contributed by atoms with van der Waals surface area (Å²) in [6, 6.07) is 7.43. The Morgan fingerprint density at radius 1 is 1.33 bits per heavy atom. The van der Waals surface area contributed by atoms with Crippen molar-refractivity contribution < 1.29 is 5.21 Å². The van der Waals surface area contributed by atoms with Crippen molar-refractivity contribution >= 4 is 16.7 Å². The minimum absolute atomic E-state index is 0.0543. The number of amidine groups is 1. The van der Waals surface area contributed by atoms with Crippen molar-refractivity contribution in [2.75, 3.05) is 0 Å². The molecule has 0 unspecified atom stereocenters. The third-order valence-corrected chi connectivity index (χ3v) is 2.21. The summed E-state index contributed by atoms with van der Waals surface area (Å²) in [6.07, 6.45) is 0. The molecule has 3 N–H and O–H groups in total. The standard InChI is InChI=1S/C10H10N4O/c1-6-9(10(11)14-15)7-4-2-3-5-8(7)13-12-6/h2-5,15H,1H3,(H2,11,14). The van der Waals surface area contributed by atoms with E-state index >= 15 is 0 Å². The van der Waals surface area contributed by atoms with Gasteiger partial charge in [0.1, 0.15) is 0 Å². The van der Waals surface area contributed by atoms with E-state index in [-0.39, 0.29) is 5.84 Å². The second-order valence-electron chi connectivity index (χ2n) is 3.16. The van der Waals surface area contributed by atoms with Crippen LogP contribution in [0.1, 0.15) is 11.3 Å². The van der Waals surface area contributed by atoms with Gasteiger partial charge in [0.25, 0.3) is 0 Å². The first-order valence-corrected chi connectivity index (χ1v) is 4.44. The zero-order valence-corrected chi connectivity index (χ0v) is 8.18. The van der Waals surface area contributed by atoms with Gasteiger partial charge in [-0.2, -0.15) is 10.2 Å². The molecule has 0 spiro atoms. The Balaban J connectivity index is 2.86. The van der Waals surface area contributed by atoms with E-state index in [1.54, 1.807) is 6.92 Å². The normalized spacial score (nSPS) is 11.9. The molecule has 5 nitrogen and oxygen atoms in total. The summed E-state index contributed by atoms with van der Waals surface area (Å²) in [5.74, 6) is 0.0543. The van der Waals surface area contributed by atoms with Crippen molar-refractivity contribution in [2.45, 2.75) is 6.92 Å². The summed E-state index contributed by atoms with van der Waals surface area (Å²) < 4.78 is 0. The highest BCUT2D eigenvalue weighted by Crippen LogP contribution is 2.17. The van der Waals surface area contributed by atoms with E-state index < -0.39 is 0 Å². The summed E-state index contributed by atoms with van der Waals surface area (Å²) in [5, 5.41) is 20.5. The summed E-state index contributed by atoms with van der Waals surface area (Å²) >= 11 is 0. The van der Waals surface area contributed by atoms with Crippen molar-refractivity contribution in [3.63, 3.8) is 0 Å². The van der Waals surface area contributed by atoms with Gasteiger partial charge in [-0.1, -0.05) is 23.4 Å². The molecule has 0 atom stereocenters. The first kappa shape index (κ1) is 9.39. The predicted octanol–water partition coefficient (Wildman–Crippen LogP) is 1.03.